The number of carbonyl (C=O) groups excluding carboxylic acids is 2. The Bertz CT molecular complexity index is 977. The highest BCUT2D eigenvalue weighted by atomic mass is 79.9. The van der Waals surface area contributed by atoms with Crippen LogP contribution in [0.5, 0.6) is 11.5 Å². The molecule has 1 amide bonds. The van der Waals surface area contributed by atoms with Crippen LogP contribution in [0, 0.1) is 18.3 Å². The first-order valence-corrected chi connectivity index (χ1v) is 9.28. The highest BCUT2D eigenvalue weighted by molar-refractivity contribution is 9.10. The van der Waals surface area contributed by atoms with Crippen LogP contribution in [0.15, 0.2) is 46.4 Å². The molecule has 2 aromatic carbocycles. The minimum Gasteiger partial charge on any atom is -0.490 e. The molecule has 0 spiro atoms. The summed E-state index contributed by atoms with van der Waals surface area (Å²) >= 11 is 3.34. The lowest BCUT2D eigenvalue weighted by atomic mass is 10.1. The lowest BCUT2D eigenvalue weighted by Crippen LogP contribution is -2.13. The summed E-state index contributed by atoms with van der Waals surface area (Å²) < 4.78 is 11.2. The van der Waals surface area contributed by atoms with Crippen LogP contribution in [0.4, 0.5) is 5.69 Å². The number of benzene rings is 2. The third kappa shape index (κ3) is 5.69. The van der Waals surface area contributed by atoms with E-state index in [1.54, 1.807) is 25.1 Å². The summed E-state index contributed by atoms with van der Waals surface area (Å²) in [6.45, 7) is 5.35. The molecule has 1 N–H and O–H groups in total. The second-order valence-corrected chi connectivity index (χ2v) is 6.70. The molecular formula is C21H19BrN2O4. The molecule has 144 valence electrons. The van der Waals surface area contributed by atoms with Gasteiger partial charge in [-0.3, -0.25) is 9.59 Å². The molecule has 2 rings (SSSR count). The van der Waals surface area contributed by atoms with Crippen LogP contribution in [0.25, 0.3) is 6.08 Å². The van der Waals surface area contributed by atoms with Crippen molar-refractivity contribution in [3.05, 3.63) is 57.6 Å². The van der Waals surface area contributed by atoms with Gasteiger partial charge in [0, 0.05) is 12.6 Å². The summed E-state index contributed by atoms with van der Waals surface area (Å²) in [7, 11) is 0. The van der Waals surface area contributed by atoms with Crippen molar-refractivity contribution in [1.82, 2.24) is 0 Å². The van der Waals surface area contributed by atoms with E-state index in [9.17, 15) is 14.9 Å². The minimum atomic E-state index is -0.522. The van der Waals surface area contributed by atoms with Crippen molar-refractivity contribution in [3.63, 3.8) is 0 Å². The van der Waals surface area contributed by atoms with E-state index in [0.717, 1.165) is 5.56 Å². The van der Waals surface area contributed by atoms with E-state index in [-0.39, 0.29) is 11.3 Å². The van der Waals surface area contributed by atoms with Crippen molar-refractivity contribution < 1.29 is 19.1 Å². The fraction of sp³-hybridized carbons (Fsp3) is 0.190. The molecule has 0 aromatic heterocycles. The molecule has 0 heterocycles. The zero-order valence-electron chi connectivity index (χ0n) is 15.7. The number of hydrogen-bond acceptors (Lipinski definition) is 5. The Morgan fingerprint density at radius 2 is 2.04 bits per heavy atom. The average molecular weight is 443 g/mol. The molecule has 2 aromatic rings. The Hall–Kier alpha value is -3.11. The highest BCUT2D eigenvalue weighted by Gasteiger charge is 2.15. The van der Waals surface area contributed by atoms with Crippen LogP contribution >= 0.6 is 15.9 Å². The maximum atomic E-state index is 12.5. The zero-order valence-corrected chi connectivity index (χ0v) is 17.3. The van der Waals surface area contributed by atoms with Gasteiger partial charge in [0.05, 0.1) is 11.1 Å². The molecule has 0 aliphatic heterocycles. The van der Waals surface area contributed by atoms with Crippen molar-refractivity contribution in [2.45, 2.75) is 20.8 Å². The Labute approximate surface area is 171 Å². The van der Waals surface area contributed by atoms with Crippen LogP contribution < -0.4 is 14.8 Å². The van der Waals surface area contributed by atoms with Crippen LogP contribution in [-0.2, 0) is 9.59 Å². The fourth-order valence-electron chi connectivity index (χ4n) is 2.41. The minimum absolute atomic E-state index is 0.0731. The van der Waals surface area contributed by atoms with Gasteiger partial charge in [0.1, 0.15) is 11.6 Å². The maximum Gasteiger partial charge on any atom is 0.308 e. The number of rotatable bonds is 6. The van der Waals surface area contributed by atoms with Gasteiger partial charge in [0.2, 0.25) is 0 Å². The van der Waals surface area contributed by atoms with Gasteiger partial charge in [-0.1, -0.05) is 12.1 Å². The van der Waals surface area contributed by atoms with Crippen LogP contribution in [0.1, 0.15) is 25.0 Å². The summed E-state index contributed by atoms with van der Waals surface area (Å²) in [6.07, 6.45) is 1.44. The SMILES string of the molecule is CCOc1cc(/C=C(\C#N)C(=O)Nc2cccc(C)c2)cc(Br)c1OC(C)=O. The van der Waals surface area contributed by atoms with Gasteiger partial charge in [-0.05, 0) is 71.2 Å². The number of ether oxygens (including phenoxy) is 2. The number of nitrogens with zero attached hydrogens (tertiary/aromatic N) is 1. The smallest absolute Gasteiger partial charge is 0.308 e. The number of aryl methyl sites for hydroxylation is 1. The number of carbonyl (C=O) groups is 2. The van der Waals surface area contributed by atoms with Crippen molar-refractivity contribution in [2.24, 2.45) is 0 Å². The van der Waals surface area contributed by atoms with E-state index in [1.807, 2.05) is 31.2 Å². The fourth-order valence-corrected chi connectivity index (χ4v) is 2.95. The van der Waals surface area contributed by atoms with Gasteiger partial charge >= 0.3 is 5.97 Å². The lowest BCUT2D eigenvalue weighted by Gasteiger charge is -2.12. The largest absolute Gasteiger partial charge is 0.490 e. The number of halogens is 1. The first-order chi connectivity index (χ1) is 13.3. The van der Waals surface area contributed by atoms with Gasteiger partial charge in [0.25, 0.3) is 5.91 Å². The number of esters is 1. The summed E-state index contributed by atoms with van der Waals surface area (Å²) in [5.74, 6) is -0.435. The predicted molar refractivity (Wildman–Crippen MR) is 110 cm³/mol. The van der Waals surface area contributed by atoms with Crippen molar-refractivity contribution in [1.29, 1.82) is 5.26 Å². The van der Waals surface area contributed by atoms with Gasteiger partial charge in [-0.25, -0.2) is 0 Å². The number of amides is 1. The number of hydrogen-bond donors (Lipinski definition) is 1. The standard InChI is InChI=1S/C21H19BrN2O4/c1-4-27-19-11-15(10-18(22)20(19)28-14(3)25)9-16(12-23)21(26)24-17-7-5-6-13(2)8-17/h5-11H,4H2,1-3H3,(H,24,26)/b16-9+. The van der Waals surface area contributed by atoms with Crippen LogP contribution in [-0.4, -0.2) is 18.5 Å². The summed E-state index contributed by atoms with van der Waals surface area (Å²) in [5, 5.41) is 12.1. The molecule has 0 saturated heterocycles. The molecule has 0 radical (unpaired) electrons. The Kier molecular flexibility index (Phi) is 7.36. The van der Waals surface area contributed by atoms with Crippen molar-refractivity contribution in [3.8, 4) is 17.6 Å². The van der Waals surface area contributed by atoms with Crippen molar-refractivity contribution in [2.75, 3.05) is 11.9 Å². The van der Waals surface area contributed by atoms with Crippen molar-refractivity contribution >= 4 is 39.6 Å². The molecule has 7 heteroatoms. The van der Waals surface area contributed by atoms with Gasteiger partial charge in [0.15, 0.2) is 11.5 Å². The molecule has 0 bridgehead atoms. The molecule has 28 heavy (non-hydrogen) atoms. The van der Waals surface area contributed by atoms with Crippen LogP contribution in [0.3, 0.4) is 0 Å². The predicted octanol–water partition coefficient (Wildman–Crippen LogP) is 4.63. The number of nitriles is 1. The second kappa shape index (κ2) is 9.72. The molecule has 0 aliphatic carbocycles. The topological polar surface area (TPSA) is 88.4 Å². The molecule has 0 fully saturated rings. The first-order valence-electron chi connectivity index (χ1n) is 8.48. The summed E-state index contributed by atoms with van der Waals surface area (Å²) in [5.41, 5.74) is 2.07. The number of nitrogens with one attached hydrogen (secondary N) is 1. The maximum absolute atomic E-state index is 12.5. The van der Waals surface area contributed by atoms with Gasteiger partial charge in [-0.2, -0.15) is 5.26 Å². The Morgan fingerprint density at radius 1 is 1.29 bits per heavy atom. The van der Waals surface area contributed by atoms with E-state index in [4.69, 9.17) is 9.47 Å². The molecular weight excluding hydrogens is 424 g/mol. The molecule has 0 aliphatic rings. The number of anilines is 1. The third-order valence-corrected chi connectivity index (χ3v) is 4.12. The summed E-state index contributed by atoms with van der Waals surface area (Å²) in [6, 6.07) is 12.4. The van der Waals surface area contributed by atoms with E-state index in [0.29, 0.717) is 28.1 Å². The molecule has 0 atom stereocenters. The summed E-state index contributed by atoms with van der Waals surface area (Å²) in [4.78, 5) is 23.8. The highest BCUT2D eigenvalue weighted by Crippen LogP contribution is 2.37. The molecule has 6 nitrogen and oxygen atoms in total. The normalized spacial score (nSPS) is 10.8. The van der Waals surface area contributed by atoms with Gasteiger partial charge in [-0.15, -0.1) is 0 Å². The Balaban J connectivity index is 2.36. The van der Waals surface area contributed by atoms with Crippen LogP contribution in [0.2, 0.25) is 0 Å². The van der Waals surface area contributed by atoms with E-state index in [1.165, 1.54) is 13.0 Å². The molecule has 0 unspecified atom stereocenters. The van der Waals surface area contributed by atoms with E-state index >= 15 is 0 Å². The molecule has 0 saturated carbocycles. The third-order valence-electron chi connectivity index (χ3n) is 3.53. The van der Waals surface area contributed by atoms with Gasteiger partial charge < -0.3 is 14.8 Å². The monoisotopic (exact) mass is 442 g/mol. The quantitative estimate of drug-likeness (QED) is 0.305. The first kappa shape index (κ1) is 21.2. The zero-order chi connectivity index (χ0) is 20.7. The van der Waals surface area contributed by atoms with E-state index < -0.39 is 11.9 Å². The lowest BCUT2D eigenvalue weighted by molar-refractivity contribution is -0.132. The average Bonchev–Trinajstić information content (AvgIpc) is 2.62. The second-order valence-electron chi connectivity index (χ2n) is 5.85. The van der Waals surface area contributed by atoms with E-state index in [2.05, 4.69) is 21.2 Å². The Morgan fingerprint density at radius 3 is 2.64 bits per heavy atom.